The van der Waals surface area contributed by atoms with Crippen molar-refractivity contribution in [3.63, 3.8) is 0 Å². The van der Waals surface area contributed by atoms with Crippen molar-refractivity contribution < 1.29 is 38.0 Å². The summed E-state index contributed by atoms with van der Waals surface area (Å²) in [6.45, 7) is 4.29. The zero-order valence-electron chi connectivity index (χ0n) is 17.9. The van der Waals surface area contributed by atoms with Crippen LogP contribution in [-0.2, 0) is 9.53 Å². The highest BCUT2D eigenvalue weighted by molar-refractivity contribution is 5.90. The third-order valence-electron chi connectivity index (χ3n) is 5.59. The van der Waals surface area contributed by atoms with Crippen LogP contribution in [0.25, 0.3) is 0 Å². The zero-order valence-corrected chi connectivity index (χ0v) is 17.9. The van der Waals surface area contributed by atoms with Gasteiger partial charge in [-0.25, -0.2) is 4.79 Å². The highest BCUT2D eigenvalue weighted by atomic mass is 16.7. The molecule has 0 spiro atoms. The van der Waals surface area contributed by atoms with Gasteiger partial charge in [0.2, 0.25) is 18.3 Å². The van der Waals surface area contributed by atoms with Gasteiger partial charge in [0.1, 0.15) is 0 Å². The minimum atomic E-state index is -0.407. The van der Waals surface area contributed by atoms with E-state index in [1.165, 1.54) is 0 Å². The monoisotopic (exact) mass is 428 g/mol. The molecule has 2 aromatic carbocycles. The van der Waals surface area contributed by atoms with Gasteiger partial charge in [-0.15, -0.1) is 0 Å². The highest BCUT2D eigenvalue weighted by Gasteiger charge is 2.39. The summed E-state index contributed by atoms with van der Waals surface area (Å²) >= 11 is 0. The second-order valence-corrected chi connectivity index (χ2v) is 7.12. The molecular formula is C23H24O8. The maximum Gasteiger partial charge on any atom is 0.333 e. The quantitative estimate of drug-likeness (QED) is 0.491. The second kappa shape index (κ2) is 8.29. The fourth-order valence-electron chi connectivity index (χ4n) is 4.07. The average Bonchev–Trinajstić information content (AvgIpc) is 3.40. The third-order valence-corrected chi connectivity index (χ3v) is 5.59. The smallest absolute Gasteiger partial charge is 0.333 e. The first-order valence-electron chi connectivity index (χ1n) is 9.65. The number of fused-ring (bicyclic) bond motifs is 1. The number of rotatable bonds is 7. The van der Waals surface area contributed by atoms with E-state index in [9.17, 15) is 4.79 Å². The van der Waals surface area contributed by atoms with Gasteiger partial charge in [-0.2, -0.15) is 0 Å². The molecule has 2 atom stereocenters. The van der Waals surface area contributed by atoms with Gasteiger partial charge in [0, 0.05) is 17.4 Å². The van der Waals surface area contributed by atoms with E-state index in [-0.39, 0.29) is 25.2 Å². The van der Waals surface area contributed by atoms with Crippen LogP contribution in [0.15, 0.2) is 36.4 Å². The van der Waals surface area contributed by atoms with Gasteiger partial charge in [0.25, 0.3) is 0 Å². The SMILES string of the molecule is C=C1C(=O)OC[C@@H]1[C@H](c1cc(OC)c(OC)c(OC)c1)c1cc(OC)c2c(c1)OCO2. The average molecular weight is 428 g/mol. The Morgan fingerprint density at radius 2 is 1.48 bits per heavy atom. The zero-order chi connectivity index (χ0) is 22.1. The van der Waals surface area contributed by atoms with Gasteiger partial charge in [0.05, 0.1) is 35.0 Å². The molecule has 0 bridgehead atoms. The van der Waals surface area contributed by atoms with Crippen molar-refractivity contribution in [3.05, 3.63) is 47.5 Å². The molecule has 8 heteroatoms. The maximum absolute atomic E-state index is 12.1. The van der Waals surface area contributed by atoms with Gasteiger partial charge in [-0.05, 0) is 35.4 Å². The Hall–Kier alpha value is -3.55. The summed E-state index contributed by atoms with van der Waals surface area (Å²) in [5, 5.41) is 0. The lowest BCUT2D eigenvalue weighted by molar-refractivity contribution is -0.135. The van der Waals surface area contributed by atoms with Crippen molar-refractivity contribution >= 4 is 5.97 Å². The number of ether oxygens (including phenoxy) is 7. The third kappa shape index (κ3) is 3.48. The minimum Gasteiger partial charge on any atom is -0.493 e. The molecule has 0 aromatic heterocycles. The first-order valence-corrected chi connectivity index (χ1v) is 9.65. The first kappa shape index (κ1) is 20.7. The molecule has 4 rings (SSSR count). The van der Waals surface area contributed by atoms with E-state index in [0.717, 1.165) is 11.1 Å². The second-order valence-electron chi connectivity index (χ2n) is 7.12. The van der Waals surface area contributed by atoms with Crippen LogP contribution < -0.4 is 28.4 Å². The number of esters is 1. The van der Waals surface area contributed by atoms with Crippen molar-refractivity contribution in [1.29, 1.82) is 0 Å². The van der Waals surface area contributed by atoms with Gasteiger partial charge in [0.15, 0.2) is 23.0 Å². The lowest BCUT2D eigenvalue weighted by Gasteiger charge is -2.26. The van der Waals surface area contributed by atoms with Crippen LogP contribution >= 0.6 is 0 Å². The Bertz CT molecular complexity index is 1000. The fourth-order valence-corrected chi connectivity index (χ4v) is 4.07. The van der Waals surface area contributed by atoms with Crippen molar-refractivity contribution in [2.45, 2.75) is 5.92 Å². The first-order chi connectivity index (χ1) is 15.0. The standard InChI is InChI=1S/C23H24O8/c1-12-15(10-29-23(12)24)20(13-6-16(25-2)21(28-5)17(7-13)26-3)14-8-18(27-4)22-19(9-14)30-11-31-22/h6-9,15,20H,1,10-11H2,2-5H3/t15-,20+/m0/s1. The van der Waals surface area contributed by atoms with Gasteiger partial charge < -0.3 is 33.2 Å². The molecular weight excluding hydrogens is 404 g/mol. The summed E-state index contributed by atoms with van der Waals surface area (Å²) in [6, 6.07) is 7.48. The number of cyclic esters (lactones) is 1. The van der Waals surface area contributed by atoms with Crippen LogP contribution in [0.4, 0.5) is 0 Å². The van der Waals surface area contributed by atoms with Crippen LogP contribution in [0.1, 0.15) is 17.0 Å². The Kier molecular flexibility index (Phi) is 5.54. The van der Waals surface area contributed by atoms with E-state index in [2.05, 4.69) is 6.58 Å². The number of hydrogen-bond donors (Lipinski definition) is 0. The molecule has 0 amide bonds. The lowest BCUT2D eigenvalue weighted by atomic mass is 9.78. The Balaban J connectivity index is 1.92. The predicted molar refractivity (Wildman–Crippen MR) is 111 cm³/mol. The number of methoxy groups -OCH3 is 4. The molecule has 164 valence electrons. The summed E-state index contributed by atoms with van der Waals surface area (Å²) < 4.78 is 38.5. The van der Waals surface area contributed by atoms with Crippen molar-refractivity contribution in [1.82, 2.24) is 0 Å². The maximum atomic E-state index is 12.1. The summed E-state index contributed by atoms with van der Waals surface area (Å²) in [5.41, 5.74) is 2.08. The van der Waals surface area contributed by atoms with E-state index in [4.69, 9.17) is 33.2 Å². The molecule has 2 aliphatic rings. The van der Waals surface area contributed by atoms with Crippen LogP contribution in [0.3, 0.4) is 0 Å². The molecule has 8 nitrogen and oxygen atoms in total. The predicted octanol–water partition coefficient (Wildman–Crippen LogP) is 3.31. The van der Waals surface area contributed by atoms with Gasteiger partial charge >= 0.3 is 5.97 Å². The number of carbonyl (C=O) groups is 1. The van der Waals surface area contributed by atoms with Crippen LogP contribution in [0, 0.1) is 5.92 Å². The van der Waals surface area contributed by atoms with E-state index in [1.807, 2.05) is 24.3 Å². The highest BCUT2D eigenvalue weighted by Crippen LogP contribution is 2.49. The lowest BCUT2D eigenvalue weighted by Crippen LogP contribution is -2.17. The largest absolute Gasteiger partial charge is 0.493 e. The molecule has 0 aliphatic carbocycles. The molecule has 0 unspecified atom stereocenters. The Morgan fingerprint density at radius 3 is 2.03 bits per heavy atom. The summed E-state index contributed by atoms with van der Waals surface area (Å²) in [6.07, 6.45) is 0. The summed E-state index contributed by atoms with van der Waals surface area (Å²) in [4.78, 5) is 12.1. The van der Waals surface area contributed by atoms with Crippen LogP contribution in [0.5, 0.6) is 34.5 Å². The van der Waals surface area contributed by atoms with E-state index in [0.29, 0.717) is 40.1 Å². The topological polar surface area (TPSA) is 81.7 Å². The number of benzene rings is 2. The Labute approximate surface area is 180 Å². The molecule has 2 heterocycles. The molecule has 2 aliphatic heterocycles. The molecule has 2 aromatic rings. The Morgan fingerprint density at radius 1 is 0.871 bits per heavy atom. The normalized spacial score (nSPS) is 17.9. The van der Waals surface area contributed by atoms with E-state index < -0.39 is 5.97 Å². The van der Waals surface area contributed by atoms with Crippen molar-refractivity contribution in [2.75, 3.05) is 41.8 Å². The molecule has 31 heavy (non-hydrogen) atoms. The fraction of sp³-hybridized carbons (Fsp3) is 0.348. The molecule has 0 saturated carbocycles. The summed E-state index contributed by atoms with van der Waals surface area (Å²) in [5.74, 6) is 2.11. The van der Waals surface area contributed by atoms with Crippen molar-refractivity contribution in [2.24, 2.45) is 5.92 Å². The summed E-state index contributed by atoms with van der Waals surface area (Å²) in [7, 11) is 6.23. The van der Waals surface area contributed by atoms with Gasteiger partial charge in [-0.1, -0.05) is 6.58 Å². The van der Waals surface area contributed by atoms with E-state index >= 15 is 0 Å². The molecule has 0 radical (unpaired) electrons. The van der Waals surface area contributed by atoms with Crippen LogP contribution in [-0.4, -0.2) is 47.8 Å². The number of hydrogen-bond acceptors (Lipinski definition) is 8. The minimum absolute atomic E-state index is 0.113. The molecule has 0 N–H and O–H groups in total. The van der Waals surface area contributed by atoms with Gasteiger partial charge in [-0.3, -0.25) is 0 Å². The molecule has 1 fully saturated rings. The van der Waals surface area contributed by atoms with E-state index in [1.54, 1.807) is 28.4 Å². The molecule has 1 saturated heterocycles. The van der Waals surface area contributed by atoms with Crippen LogP contribution in [0.2, 0.25) is 0 Å². The van der Waals surface area contributed by atoms with Crippen molar-refractivity contribution in [3.8, 4) is 34.5 Å². The number of carbonyl (C=O) groups excluding carboxylic acids is 1.